The number of ether oxygens (including phenoxy) is 4. The Kier molecular flexibility index (Phi) is 13.7. The lowest BCUT2D eigenvalue weighted by atomic mass is 9.72. The van der Waals surface area contributed by atoms with Crippen LogP contribution < -0.4 is 10.1 Å². The summed E-state index contributed by atoms with van der Waals surface area (Å²) in [6.07, 6.45) is 7.92. The Hall–Kier alpha value is -6.11. The van der Waals surface area contributed by atoms with Crippen molar-refractivity contribution in [2.45, 2.75) is 146 Å². The van der Waals surface area contributed by atoms with E-state index in [2.05, 4.69) is 21.6 Å². The van der Waals surface area contributed by atoms with Crippen LogP contribution in [0.1, 0.15) is 149 Å². The van der Waals surface area contributed by atoms with E-state index in [4.69, 9.17) is 23.9 Å². The number of ketones is 3. The molecule has 1 saturated heterocycles. The number of amides is 1. The number of rotatable bonds is 9. The first kappa shape index (κ1) is 47.9. The summed E-state index contributed by atoms with van der Waals surface area (Å²) >= 11 is 0. The molecule has 69 heavy (non-hydrogen) atoms. The Labute approximate surface area is 398 Å². The summed E-state index contributed by atoms with van der Waals surface area (Å²) in [5, 5.41) is 68.3. The van der Waals surface area contributed by atoms with Crippen molar-refractivity contribution < 1.29 is 63.7 Å². The van der Waals surface area contributed by atoms with Gasteiger partial charge in [0, 0.05) is 48.1 Å². The van der Waals surface area contributed by atoms with Gasteiger partial charge in [0.05, 0.1) is 53.4 Å². The third-order valence-electron chi connectivity index (χ3n) is 14.6. The Morgan fingerprint density at radius 2 is 1.65 bits per heavy atom. The van der Waals surface area contributed by atoms with Gasteiger partial charge in [-0.25, -0.2) is 4.79 Å². The van der Waals surface area contributed by atoms with Crippen LogP contribution in [0.25, 0.3) is 11.4 Å². The Morgan fingerprint density at radius 1 is 0.899 bits per heavy atom. The van der Waals surface area contributed by atoms with Gasteiger partial charge in [0.2, 0.25) is 5.78 Å². The van der Waals surface area contributed by atoms with Gasteiger partial charge >= 0.3 is 6.09 Å². The van der Waals surface area contributed by atoms with Gasteiger partial charge < -0.3 is 49.8 Å². The molecule has 2 aromatic carbocycles. The number of aryl methyl sites for hydroxylation is 1. The molecule has 0 spiro atoms. The molecule has 5 aliphatic rings. The predicted octanol–water partition coefficient (Wildman–Crippen LogP) is 5.87. The third kappa shape index (κ3) is 9.13. The van der Waals surface area contributed by atoms with Crippen molar-refractivity contribution >= 4 is 23.4 Å². The zero-order chi connectivity index (χ0) is 48.7. The number of hydrogen-bond acceptors (Lipinski definition) is 16. The lowest BCUT2D eigenvalue weighted by molar-refractivity contribution is -0.249. The van der Waals surface area contributed by atoms with E-state index in [1.54, 1.807) is 6.92 Å². The maximum absolute atomic E-state index is 14.1. The van der Waals surface area contributed by atoms with Crippen LogP contribution in [0.3, 0.4) is 0 Å². The number of methoxy groups -OCH3 is 1. The molecule has 0 radical (unpaired) electrons. The summed E-state index contributed by atoms with van der Waals surface area (Å²) in [7, 11) is 1.32. The number of aliphatic hydroxyl groups is 3. The number of pyridine rings is 1. The molecule has 1 fully saturated rings. The number of alkyl carbamates (subject to hydrolysis) is 1. The summed E-state index contributed by atoms with van der Waals surface area (Å²) < 4.78 is 23.6. The van der Waals surface area contributed by atoms with E-state index in [0.29, 0.717) is 6.42 Å². The fourth-order valence-corrected chi connectivity index (χ4v) is 10.9. The Bertz CT molecular complexity index is 2710. The average molecular weight is 947 g/mol. The quantitative estimate of drug-likeness (QED) is 0.0746. The zero-order valence-corrected chi connectivity index (χ0v) is 38.9. The molecule has 9 rings (SSSR count). The number of aromatic nitrogens is 3. The molecular weight excluding hydrogens is 889 g/mol. The summed E-state index contributed by atoms with van der Waals surface area (Å²) in [6, 6.07) is 7.45. The van der Waals surface area contributed by atoms with E-state index >= 15 is 0 Å². The molecule has 3 heterocycles. The average Bonchev–Trinajstić information content (AvgIpc) is 3.31. The van der Waals surface area contributed by atoms with Gasteiger partial charge in [-0.15, -0.1) is 5.10 Å². The lowest BCUT2D eigenvalue weighted by Gasteiger charge is -2.42. The van der Waals surface area contributed by atoms with Crippen molar-refractivity contribution in [3.8, 4) is 28.6 Å². The van der Waals surface area contributed by atoms with E-state index in [0.717, 1.165) is 67.6 Å². The number of phenolic OH excluding ortho intramolecular Hbond substituents is 2. The number of fused-ring (bicyclic) bond motifs is 4. The molecule has 0 saturated carbocycles. The molecule has 1 amide bonds. The van der Waals surface area contributed by atoms with Gasteiger partial charge in [0.1, 0.15) is 47.4 Å². The molecule has 364 valence electrons. The number of nitrogens with one attached hydrogen (secondary N) is 1. The van der Waals surface area contributed by atoms with Crippen LogP contribution in [0.4, 0.5) is 4.79 Å². The summed E-state index contributed by atoms with van der Waals surface area (Å²) in [6.45, 7) is 2.51. The monoisotopic (exact) mass is 946 g/mol. The molecule has 6 unspecified atom stereocenters. The number of phenols is 2. The van der Waals surface area contributed by atoms with Gasteiger partial charge in [0.25, 0.3) is 0 Å². The SMILES string of the molecule is COc1cccc2c1C(=O)c1c(O)c3c(c(O)c1C2=O)C[C@@](O)(C(=O)CO)C[C@@H]3OC1CC(NC(=O)OC2/C=C/C(c3ccc(-c4nnc(C)c5c4CCCCCC5)nc3)CCCC2)C(O)C(C)O1. The lowest BCUT2D eigenvalue weighted by Crippen LogP contribution is -2.56. The number of aliphatic hydroxyl groups excluding tert-OH is 2. The summed E-state index contributed by atoms with van der Waals surface area (Å²) in [4.78, 5) is 59.5. The molecular formula is C52H58N4O13. The van der Waals surface area contributed by atoms with Crippen LogP contribution in [0.5, 0.6) is 17.2 Å². The van der Waals surface area contributed by atoms with Gasteiger partial charge in [-0.2, -0.15) is 5.10 Å². The minimum atomic E-state index is -2.35. The number of carbonyl (C=O) groups excluding carboxylic acids is 4. The maximum atomic E-state index is 14.1. The molecule has 8 atom stereocenters. The standard InChI is InChI=1S/C52H58N4O13/c1-26-31-13-6-4-5-7-14-32(31)45(56-55-26)35-20-18-29(24-53-35)28-11-8-9-12-30(19-17-28)68-51(64)54-36-21-40(67-27(2)46(36)59)69-38-23-52(65,39(58)25-57)22-34-42(38)50(63)44-43(48(34)61)47(60)33-15-10-16-37(66-3)41(33)49(44)62/h10,15-20,24,27-28,30,36,38,40,46,57,59,61,63,65H,4-9,11-14,21-23,25H2,1-3H3,(H,54,64)/b19-17+/t27?,28?,30?,36?,38-,40?,46?,52-/m0/s1. The smallest absolute Gasteiger partial charge is 0.408 e. The first-order valence-corrected chi connectivity index (χ1v) is 23.9. The summed E-state index contributed by atoms with van der Waals surface area (Å²) in [5.74, 6) is -4.01. The number of nitrogens with zero attached hydrogens (tertiary/aromatic N) is 3. The largest absolute Gasteiger partial charge is 0.507 e. The predicted molar refractivity (Wildman–Crippen MR) is 247 cm³/mol. The molecule has 4 aliphatic carbocycles. The fourth-order valence-electron chi connectivity index (χ4n) is 10.9. The summed E-state index contributed by atoms with van der Waals surface area (Å²) in [5.41, 5.74) is 2.19. The van der Waals surface area contributed by atoms with Crippen molar-refractivity contribution in [2.75, 3.05) is 13.7 Å². The normalized spacial score (nSPS) is 27.2. The zero-order valence-electron chi connectivity index (χ0n) is 38.9. The number of Topliss-reactive ketones (excluding diaryl/α,β-unsaturated/α-hetero) is 1. The molecule has 1 aliphatic heterocycles. The molecule has 17 heteroatoms. The molecule has 6 N–H and O–H groups in total. The molecule has 0 bridgehead atoms. The van der Waals surface area contributed by atoms with Crippen molar-refractivity contribution in [1.29, 1.82) is 0 Å². The fraction of sp³-hybridized carbons (Fsp3) is 0.481. The number of aromatic hydroxyl groups is 2. The highest BCUT2D eigenvalue weighted by Crippen LogP contribution is 2.52. The van der Waals surface area contributed by atoms with Crippen molar-refractivity contribution in [3.63, 3.8) is 0 Å². The minimum absolute atomic E-state index is 0.0289. The highest BCUT2D eigenvalue weighted by Gasteiger charge is 2.50. The van der Waals surface area contributed by atoms with Crippen LogP contribution in [-0.2, 0) is 38.3 Å². The first-order chi connectivity index (χ1) is 33.2. The van der Waals surface area contributed by atoms with E-state index in [1.807, 2.05) is 31.3 Å². The van der Waals surface area contributed by atoms with Crippen molar-refractivity contribution in [3.05, 3.63) is 104 Å². The number of benzene rings is 2. The molecule has 4 aromatic rings. The second-order valence-corrected chi connectivity index (χ2v) is 18.9. The van der Waals surface area contributed by atoms with Gasteiger partial charge in [0.15, 0.2) is 17.9 Å². The third-order valence-corrected chi connectivity index (χ3v) is 14.6. The second kappa shape index (κ2) is 19.7. The second-order valence-electron chi connectivity index (χ2n) is 18.9. The molecule has 17 nitrogen and oxygen atoms in total. The minimum Gasteiger partial charge on any atom is -0.507 e. The van der Waals surface area contributed by atoms with Crippen LogP contribution >= 0.6 is 0 Å². The number of carbonyl (C=O) groups is 4. The highest BCUT2D eigenvalue weighted by molar-refractivity contribution is 6.31. The van der Waals surface area contributed by atoms with Crippen LogP contribution in [-0.4, -0.2) is 114 Å². The maximum Gasteiger partial charge on any atom is 0.408 e. The Morgan fingerprint density at radius 3 is 2.39 bits per heavy atom. The van der Waals surface area contributed by atoms with Crippen LogP contribution in [0, 0.1) is 6.92 Å². The van der Waals surface area contributed by atoms with Crippen molar-refractivity contribution in [1.82, 2.24) is 20.5 Å². The van der Waals surface area contributed by atoms with E-state index in [9.17, 15) is 44.7 Å². The number of hydrogen-bond donors (Lipinski definition) is 6. The van der Waals surface area contributed by atoms with Crippen molar-refractivity contribution in [2.24, 2.45) is 0 Å². The highest BCUT2D eigenvalue weighted by atomic mass is 16.7. The van der Waals surface area contributed by atoms with Gasteiger partial charge in [-0.1, -0.05) is 43.5 Å². The first-order valence-electron chi connectivity index (χ1n) is 23.9. The van der Waals surface area contributed by atoms with Crippen LogP contribution in [0.15, 0.2) is 48.7 Å². The molecule has 2 aromatic heterocycles. The Balaban J connectivity index is 0.906. The van der Waals surface area contributed by atoms with E-state index in [-0.39, 0.29) is 40.3 Å². The van der Waals surface area contributed by atoms with Crippen LogP contribution in [0.2, 0.25) is 0 Å². The van der Waals surface area contributed by atoms with Gasteiger partial charge in [-0.05, 0) is 93.7 Å². The topological polar surface area (TPSA) is 257 Å². The van der Waals surface area contributed by atoms with E-state index < -0.39 is 108 Å². The van der Waals surface area contributed by atoms with Gasteiger partial charge in [-0.3, -0.25) is 19.4 Å². The van der Waals surface area contributed by atoms with E-state index in [1.165, 1.54) is 49.3 Å². The number of allylic oxidation sites excluding steroid dienone is 1.